The van der Waals surface area contributed by atoms with Crippen LogP contribution in [0, 0.1) is 29.6 Å². The number of urea groups is 1. The zero-order chi connectivity index (χ0) is 12.1. The highest BCUT2D eigenvalue weighted by Crippen LogP contribution is 2.53. The van der Waals surface area contributed by atoms with Crippen LogP contribution in [-0.2, 0) is 0 Å². The van der Waals surface area contributed by atoms with Crippen molar-refractivity contribution in [1.82, 2.24) is 10.6 Å². The van der Waals surface area contributed by atoms with E-state index in [0.29, 0.717) is 6.04 Å². The SMILES string of the molecule is O=C(NCC1CC1)NC1C2CC3CC(C2)CC1C3. The van der Waals surface area contributed by atoms with Gasteiger partial charge < -0.3 is 10.6 Å². The van der Waals surface area contributed by atoms with Crippen LogP contribution in [0.15, 0.2) is 0 Å². The van der Waals surface area contributed by atoms with Crippen molar-refractivity contribution in [2.75, 3.05) is 6.54 Å². The monoisotopic (exact) mass is 248 g/mol. The molecule has 0 radical (unpaired) electrons. The molecule has 3 heteroatoms. The van der Waals surface area contributed by atoms with Gasteiger partial charge in [-0.1, -0.05) is 0 Å². The third kappa shape index (κ3) is 2.02. The van der Waals surface area contributed by atoms with Crippen LogP contribution in [0.25, 0.3) is 0 Å². The maximum Gasteiger partial charge on any atom is 0.315 e. The minimum atomic E-state index is 0.0966. The first-order valence-electron chi connectivity index (χ1n) is 7.82. The lowest BCUT2D eigenvalue weighted by Gasteiger charge is -2.54. The molecule has 0 aliphatic heterocycles. The first kappa shape index (κ1) is 11.1. The van der Waals surface area contributed by atoms with Gasteiger partial charge in [0.2, 0.25) is 0 Å². The Bertz CT molecular complexity index is 322. The summed E-state index contributed by atoms with van der Waals surface area (Å²) in [7, 11) is 0. The van der Waals surface area contributed by atoms with E-state index in [1.54, 1.807) is 0 Å². The summed E-state index contributed by atoms with van der Waals surface area (Å²) in [5, 5.41) is 6.35. The number of carbonyl (C=O) groups is 1. The second-order valence-corrected chi connectivity index (χ2v) is 7.25. The molecule has 5 rings (SSSR count). The Balaban J connectivity index is 1.34. The summed E-state index contributed by atoms with van der Waals surface area (Å²) >= 11 is 0. The summed E-state index contributed by atoms with van der Waals surface area (Å²) in [6.07, 6.45) is 9.59. The molecule has 0 aromatic carbocycles. The Labute approximate surface area is 109 Å². The van der Waals surface area contributed by atoms with E-state index in [9.17, 15) is 4.79 Å². The Morgan fingerprint density at radius 1 is 0.944 bits per heavy atom. The van der Waals surface area contributed by atoms with Gasteiger partial charge in [0, 0.05) is 12.6 Å². The largest absolute Gasteiger partial charge is 0.338 e. The van der Waals surface area contributed by atoms with Crippen LogP contribution in [0.5, 0.6) is 0 Å². The molecule has 2 N–H and O–H groups in total. The molecule has 0 heterocycles. The van der Waals surface area contributed by atoms with E-state index in [1.165, 1.54) is 44.9 Å². The molecule has 4 bridgehead atoms. The molecule has 5 saturated carbocycles. The molecule has 0 aromatic heterocycles. The lowest BCUT2D eigenvalue weighted by atomic mass is 9.54. The second kappa shape index (κ2) is 4.14. The van der Waals surface area contributed by atoms with E-state index < -0.39 is 0 Å². The van der Waals surface area contributed by atoms with Crippen molar-refractivity contribution in [2.45, 2.75) is 51.0 Å². The van der Waals surface area contributed by atoms with E-state index in [4.69, 9.17) is 0 Å². The highest BCUT2D eigenvalue weighted by atomic mass is 16.2. The molecular formula is C15H24N2O. The van der Waals surface area contributed by atoms with Crippen molar-refractivity contribution in [3.8, 4) is 0 Å². The van der Waals surface area contributed by atoms with Gasteiger partial charge in [0.15, 0.2) is 0 Å². The second-order valence-electron chi connectivity index (χ2n) is 7.25. The first-order chi connectivity index (χ1) is 8.78. The predicted molar refractivity (Wildman–Crippen MR) is 70.1 cm³/mol. The van der Waals surface area contributed by atoms with Gasteiger partial charge in [0.1, 0.15) is 0 Å². The number of nitrogens with one attached hydrogen (secondary N) is 2. The van der Waals surface area contributed by atoms with Crippen LogP contribution in [0.1, 0.15) is 44.9 Å². The molecule has 3 nitrogen and oxygen atoms in total. The summed E-state index contributed by atoms with van der Waals surface area (Å²) in [6.45, 7) is 0.888. The van der Waals surface area contributed by atoms with Crippen LogP contribution in [0.4, 0.5) is 4.79 Å². The van der Waals surface area contributed by atoms with Crippen LogP contribution < -0.4 is 10.6 Å². The van der Waals surface area contributed by atoms with Crippen LogP contribution >= 0.6 is 0 Å². The lowest BCUT2D eigenvalue weighted by Crippen LogP contribution is -2.57. The molecule has 0 atom stereocenters. The Kier molecular flexibility index (Phi) is 2.56. The van der Waals surface area contributed by atoms with Crippen molar-refractivity contribution < 1.29 is 4.79 Å². The average molecular weight is 248 g/mol. The molecule has 5 aliphatic rings. The van der Waals surface area contributed by atoms with E-state index in [1.807, 2.05) is 0 Å². The van der Waals surface area contributed by atoms with Gasteiger partial charge in [-0.3, -0.25) is 0 Å². The summed E-state index contributed by atoms with van der Waals surface area (Å²) in [4.78, 5) is 11.9. The Morgan fingerprint density at radius 3 is 2.11 bits per heavy atom. The van der Waals surface area contributed by atoms with E-state index >= 15 is 0 Å². The van der Waals surface area contributed by atoms with E-state index in [2.05, 4.69) is 10.6 Å². The molecule has 5 fully saturated rings. The highest BCUT2D eigenvalue weighted by molar-refractivity contribution is 5.74. The smallest absolute Gasteiger partial charge is 0.315 e. The van der Waals surface area contributed by atoms with E-state index in [0.717, 1.165) is 36.1 Å². The summed E-state index contributed by atoms with van der Waals surface area (Å²) in [6, 6.07) is 0.580. The normalized spacial score (nSPS) is 45.0. The maximum atomic E-state index is 11.9. The summed E-state index contributed by atoms with van der Waals surface area (Å²) in [5.74, 6) is 4.32. The standard InChI is InChI=1S/C15H24N2O/c18-15(16-8-9-1-2-9)17-14-12-4-10-3-11(6-12)7-13(14)5-10/h9-14H,1-8H2,(H2,16,17,18). The minimum Gasteiger partial charge on any atom is -0.338 e. The highest BCUT2D eigenvalue weighted by Gasteiger charge is 2.48. The van der Waals surface area contributed by atoms with Gasteiger partial charge in [-0.15, -0.1) is 0 Å². The Morgan fingerprint density at radius 2 is 1.56 bits per heavy atom. The van der Waals surface area contributed by atoms with Crippen LogP contribution in [-0.4, -0.2) is 18.6 Å². The summed E-state index contributed by atoms with van der Waals surface area (Å²) in [5.41, 5.74) is 0. The quantitative estimate of drug-likeness (QED) is 0.791. The molecule has 0 unspecified atom stereocenters. The lowest BCUT2D eigenvalue weighted by molar-refractivity contribution is -0.00941. The zero-order valence-electron chi connectivity index (χ0n) is 11.0. The zero-order valence-corrected chi connectivity index (χ0v) is 11.0. The fourth-order valence-corrected chi connectivity index (χ4v) is 4.92. The molecule has 2 amide bonds. The Hall–Kier alpha value is -0.730. The van der Waals surface area contributed by atoms with Gasteiger partial charge in [-0.25, -0.2) is 4.79 Å². The van der Waals surface area contributed by atoms with E-state index in [-0.39, 0.29) is 6.03 Å². The maximum absolute atomic E-state index is 11.9. The van der Waals surface area contributed by atoms with Crippen LogP contribution in [0.3, 0.4) is 0 Å². The van der Waals surface area contributed by atoms with Crippen molar-refractivity contribution in [3.63, 3.8) is 0 Å². The third-order valence-electron chi connectivity index (χ3n) is 5.77. The van der Waals surface area contributed by atoms with Gasteiger partial charge in [0.05, 0.1) is 0 Å². The molecule has 0 spiro atoms. The molecule has 100 valence electrons. The number of rotatable bonds is 3. The molecule has 5 aliphatic carbocycles. The van der Waals surface area contributed by atoms with Crippen LogP contribution in [0.2, 0.25) is 0 Å². The number of hydrogen-bond acceptors (Lipinski definition) is 1. The van der Waals surface area contributed by atoms with Crippen molar-refractivity contribution in [2.24, 2.45) is 29.6 Å². The molecule has 0 aromatic rings. The molecule has 18 heavy (non-hydrogen) atoms. The minimum absolute atomic E-state index is 0.0966. The van der Waals surface area contributed by atoms with Crippen molar-refractivity contribution in [1.29, 1.82) is 0 Å². The fourth-order valence-electron chi connectivity index (χ4n) is 4.92. The van der Waals surface area contributed by atoms with Gasteiger partial charge in [0.25, 0.3) is 0 Å². The predicted octanol–water partition coefficient (Wildman–Crippen LogP) is 2.52. The van der Waals surface area contributed by atoms with Gasteiger partial charge in [-0.05, 0) is 74.5 Å². The van der Waals surface area contributed by atoms with Gasteiger partial charge in [-0.2, -0.15) is 0 Å². The topological polar surface area (TPSA) is 41.1 Å². The third-order valence-corrected chi connectivity index (χ3v) is 5.77. The van der Waals surface area contributed by atoms with Gasteiger partial charge >= 0.3 is 6.03 Å². The number of hydrogen-bond donors (Lipinski definition) is 2. The number of amides is 2. The van der Waals surface area contributed by atoms with Crippen molar-refractivity contribution in [3.05, 3.63) is 0 Å². The molecule has 0 saturated heterocycles. The first-order valence-corrected chi connectivity index (χ1v) is 7.82. The summed E-state index contributed by atoms with van der Waals surface area (Å²) < 4.78 is 0. The number of carbonyl (C=O) groups excluding carboxylic acids is 1. The molecular weight excluding hydrogens is 224 g/mol. The average Bonchev–Trinajstić information content (AvgIpc) is 3.14. The fraction of sp³-hybridized carbons (Fsp3) is 0.933. The van der Waals surface area contributed by atoms with Crippen molar-refractivity contribution >= 4 is 6.03 Å².